The fourth-order valence-corrected chi connectivity index (χ4v) is 5.13. The molecular formula is C26H31ClN4O3S. The molecule has 1 aliphatic heterocycles. The topological polar surface area (TPSA) is 80.5 Å². The van der Waals surface area contributed by atoms with E-state index >= 15 is 0 Å². The molecule has 1 atom stereocenters. The Morgan fingerprint density at radius 3 is 2.80 bits per heavy atom. The number of carbonyl (C=O) groups excluding carboxylic acids is 1. The summed E-state index contributed by atoms with van der Waals surface area (Å²) in [4.78, 5) is 19.5. The minimum atomic E-state index is -0.00514. The van der Waals surface area contributed by atoms with E-state index in [4.69, 9.17) is 20.9 Å². The highest BCUT2D eigenvalue weighted by Gasteiger charge is 2.26. The lowest BCUT2D eigenvalue weighted by Crippen LogP contribution is -2.43. The van der Waals surface area contributed by atoms with Gasteiger partial charge >= 0.3 is 0 Å². The Morgan fingerprint density at radius 1 is 1.23 bits per heavy atom. The van der Waals surface area contributed by atoms with E-state index in [9.17, 15) is 4.79 Å². The average molecular weight is 515 g/mol. The molecule has 7 nitrogen and oxygen atoms in total. The van der Waals surface area contributed by atoms with E-state index in [-0.39, 0.29) is 11.8 Å². The Morgan fingerprint density at radius 2 is 2.03 bits per heavy atom. The van der Waals surface area contributed by atoms with Crippen LogP contribution in [-0.4, -0.2) is 53.4 Å². The van der Waals surface area contributed by atoms with Gasteiger partial charge in [0.25, 0.3) is 0 Å². The van der Waals surface area contributed by atoms with Crippen molar-refractivity contribution in [1.29, 1.82) is 0 Å². The summed E-state index contributed by atoms with van der Waals surface area (Å²) in [5, 5.41) is 7.99. The van der Waals surface area contributed by atoms with E-state index in [1.807, 2.05) is 48.2 Å². The van der Waals surface area contributed by atoms with Gasteiger partial charge in [0, 0.05) is 29.4 Å². The standard InChI is InChI=1S/C26H31ClN4O3S/c1-33-23-11-7-20(8-12-23)25-29-24(34-30-25)17-31-14-2-4-21(16-31)26(32)28-13-3-15-35-18-19-5-9-22(27)10-6-19/h5-12,21H,2-4,13-18H2,1H3,(H,28,32). The summed E-state index contributed by atoms with van der Waals surface area (Å²) < 4.78 is 10.7. The molecule has 1 aliphatic rings. The Labute approximate surface area is 215 Å². The second kappa shape index (κ2) is 13.0. The molecule has 1 fully saturated rings. The third-order valence-corrected chi connectivity index (χ3v) is 7.36. The summed E-state index contributed by atoms with van der Waals surface area (Å²) in [7, 11) is 1.64. The van der Waals surface area contributed by atoms with Crippen LogP contribution in [0.1, 0.15) is 30.7 Å². The smallest absolute Gasteiger partial charge is 0.241 e. The van der Waals surface area contributed by atoms with Crippen LogP contribution in [0, 0.1) is 5.92 Å². The molecule has 186 valence electrons. The van der Waals surface area contributed by atoms with E-state index < -0.39 is 0 Å². The van der Waals surface area contributed by atoms with Gasteiger partial charge in [-0.15, -0.1) is 0 Å². The number of ether oxygens (including phenoxy) is 1. The number of methoxy groups -OCH3 is 1. The maximum atomic E-state index is 12.7. The minimum absolute atomic E-state index is 0.00514. The van der Waals surface area contributed by atoms with Gasteiger partial charge in [0.05, 0.1) is 19.6 Å². The number of rotatable bonds is 11. The van der Waals surface area contributed by atoms with Crippen LogP contribution in [0.25, 0.3) is 11.4 Å². The van der Waals surface area contributed by atoms with Crippen molar-refractivity contribution >= 4 is 29.3 Å². The number of hydrogen-bond acceptors (Lipinski definition) is 7. The predicted molar refractivity (Wildman–Crippen MR) is 140 cm³/mol. The number of hydrogen-bond donors (Lipinski definition) is 1. The molecule has 0 bridgehead atoms. The molecule has 0 spiro atoms. The second-order valence-electron chi connectivity index (χ2n) is 8.64. The van der Waals surface area contributed by atoms with Gasteiger partial charge in [-0.1, -0.05) is 28.9 Å². The number of piperidine rings is 1. The average Bonchev–Trinajstić information content (AvgIpc) is 3.35. The van der Waals surface area contributed by atoms with Crippen LogP contribution >= 0.6 is 23.4 Å². The highest BCUT2D eigenvalue weighted by Crippen LogP contribution is 2.22. The molecule has 1 aromatic heterocycles. The summed E-state index contributed by atoms with van der Waals surface area (Å²) in [6, 6.07) is 15.5. The van der Waals surface area contributed by atoms with Crippen molar-refractivity contribution in [3.05, 3.63) is 65.0 Å². The Balaban J connectivity index is 1.16. The lowest BCUT2D eigenvalue weighted by Gasteiger charge is -2.30. The van der Waals surface area contributed by atoms with Crippen molar-refractivity contribution < 1.29 is 14.1 Å². The quantitative estimate of drug-likeness (QED) is 0.358. The number of nitrogens with one attached hydrogen (secondary N) is 1. The highest BCUT2D eigenvalue weighted by molar-refractivity contribution is 7.98. The van der Waals surface area contributed by atoms with Gasteiger partial charge in [-0.2, -0.15) is 16.7 Å². The molecule has 1 unspecified atom stereocenters. The van der Waals surface area contributed by atoms with E-state index in [0.29, 0.717) is 31.3 Å². The zero-order chi connectivity index (χ0) is 24.5. The molecule has 0 saturated carbocycles. The zero-order valence-corrected chi connectivity index (χ0v) is 21.5. The van der Waals surface area contributed by atoms with Crippen LogP contribution in [-0.2, 0) is 17.1 Å². The summed E-state index contributed by atoms with van der Waals surface area (Å²) in [5.41, 5.74) is 2.14. The largest absolute Gasteiger partial charge is 0.497 e. The number of aromatic nitrogens is 2. The van der Waals surface area contributed by atoms with Crippen molar-refractivity contribution in [2.45, 2.75) is 31.6 Å². The number of halogens is 1. The van der Waals surface area contributed by atoms with E-state index in [1.165, 1.54) is 5.56 Å². The number of carbonyl (C=O) groups is 1. The molecular weight excluding hydrogens is 484 g/mol. The molecule has 1 N–H and O–H groups in total. The van der Waals surface area contributed by atoms with Gasteiger partial charge in [-0.25, -0.2) is 0 Å². The lowest BCUT2D eigenvalue weighted by molar-refractivity contribution is -0.126. The molecule has 2 heterocycles. The van der Waals surface area contributed by atoms with E-state index in [1.54, 1.807) is 7.11 Å². The third-order valence-electron chi connectivity index (χ3n) is 6.00. The van der Waals surface area contributed by atoms with Gasteiger partial charge in [-0.3, -0.25) is 9.69 Å². The number of nitrogens with zero attached hydrogens (tertiary/aromatic N) is 3. The van der Waals surface area contributed by atoms with Crippen molar-refractivity contribution in [3.8, 4) is 17.1 Å². The van der Waals surface area contributed by atoms with Gasteiger partial charge in [0.2, 0.25) is 17.6 Å². The van der Waals surface area contributed by atoms with Crippen LogP contribution in [0.5, 0.6) is 5.75 Å². The van der Waals surface area contributed by atoms with Crippen molar-refractivity contribution in [2.24, 2.45) is 5.92 Å². The zero-order valence-electron chi connectivity index (χ0n) is 19.9. The minimum Gasteiger partial charge on any atom is -0.497 e. The Bertz CT molecular complexity index is 1070. The number of likely N-dealkylation sites (tertiary alicyclic amines) is 1. The number of thioether (sulfide) groups is 1. The maximum absolute atomic E-state index is 12.7. The first kappa shape index (κ1) is 25.5. The SMILES string of the molecule is COc1ccc(-c2noc(CN3CCCC(C(=O)NCCCSCc4ccc(Cl)cc4)C3)n2)cc1. The van der Waals surface area contributed by atoms with Crippen LogP contribution in [0.3, 0.4) is 0 Å². The van der Waals surface area contributed by atoms with Crippen molar-refractivity contribution in [2.75, 3.05) is 32.5 Å². The van der Waals surface area contributed by atoms with Gasteiger partial charge in [-0.05, 0) is 73.5 Å². The normalized spacial score (nSPS) is 16.2. The molecule has 1 saturated heterocycles. The lowest BCUT2D eigenvalue weighted by atomic mass is 9.97. The first-order valence-corrected chi connectivity index (χ1v) is 13.4. The highest BCUT2D eigenvalue weighted by atomic mass is 35.5. The molecule has 0 radical (unpaired) electrons. The molecule has 1 amide bonds. The van der Waals surface area contributed by atoms with Crippen LogP contribution in [0.4, 0.5) is 0 Å². The van der Waals surface area contributed by atoms with E-state index in [0.717, 1.165) is 53.6 Å². The Kier molecular flexibility index (Phi) is 9.45. The van der Waals surface area contributed by atoms with Crippen LogP contribution in [0.15, 0.2) is 53.1 Å². The molecule has 35 heavy (non-hydrogen) atoms. The molecule has 4 rings (SSSR count). The fourth-order valence-electron chi connectivity index (χ4n) is 4.08. The summed E-state index contributed by atoms with van der Waals surface area (Å²) >= 11 is 7.80. The number of benzene rings is 2. The summed E-state index contributed by atoms with van der Waals surface area (Å²) in [6.07, 6.45) is 2.85. The predicted octanol–water partition coefficient (Wildman–Crippen LogP) is 5.05. The monoisotopic (exact) mass is 514 g/mol. The first-order valence-electron chi connectivity index (χ1n) is 11.9. The van der Waals surface area contributed by atoms with Crippen molar-refractivity contribution in [1.82, 2.24) is 20.4 Å². The first-order chi connectivity index (χ1) is 17.1. The fraction of sp³-hybridized carbons (Fsp3) is 0.423. The van der Waals surface area contributed by atoms with Gasteiger partial charge in [0.15, 0.2) is 0 Å². The third kappa shape index (κ3) is 7.72. The molecule has 3 aromatic rings. The summed E-state index contributed by atoms with van der Waals surface area (Å²) in [5.74, 6) is 4.01. The molecule has 0 aliphatic carbocycles. The molecule has 2 aromatic carbocycles. The summed E-state index contributed by atoms with van der Waals surface area (Å²) in [6.45, 7) is 2.88. The van der Waals surface area contributed by atoms with Gasteiger partial charge in [0.1, 0.15) is 5.75 Å². The van der Waals surface area contributed by atoms with Gasteiger partial charge < -0.3 is 14.6 Å². The van der Waals surface area contributed by atoms with Crippen LogP contribution < -0.4 is 10.1 Å². The second-order valence-corrected chi connectivity index (χ2v) is 10.2. The van der Waals surface area contributed by atoms with Crippen molar-refractivity contribution in [3.63, 3.8) is 0 Å². The molecule has 9 heteroatoms. The maximum Gasteiger partial charge on any atom is 0.241 e. The number of amides is 1. The Hall–Kier alpha value is -2.55. The van der Waals surface area contributed by atoms with E-state index in [2.05, 4.69) is 32.5 Å². The van der Waals surface area contributed by atoms with Crippen LogP contribution in [0.2, 0.25) is 5.02 Å².